The van der Waals surface area contributed by atoms with Crippen molar-refractivity contribution in [3.05, 3.63) is 93.2 Å². The Labute approximate surface area is 222 Å². The number of nitriles is 1. The minimum absolute atomic E-state index is 0.0456. The third-order valence-electron chi connectivity index (χ3n) is 6.76. The molecule has 4 aromatic rings. The lowest BCUT2D eigenvalue weighted by Crippen LogP contribution is -2.39. The molecule has 4 rings (SSSR count). The summed E-state index contributed by atoms with van der Waals surface area (Å²) in [7, 11) is 0. The normalized spacial score (nSPS) is 12.3. The Bertz CT molecular complexity index is 1520. The third kappa shape index (κ3) is 5.37. The van der Waals surface area contributed by atoms with Gasteiger partial charge in [0.25, 0.3) is 17.2 Å². The van der Waals surface area contributed by atoms with Crippen LogP contribution >= 0.6 is 0 Å². The first-order valence-electron chi connectivity index (χ1n) is 12.8. The molecule has 0 spiro atoms. The Morgan fingerprint density at radius 2 is 1.82 bits per heavy atom. The lowest BCUT2D eigenvalue weighted by atomic mass is 9.86. The molecule has 0 fully saturated rings. The number of aryl methyl sites for hydroxylation is 1. The van der Waals surface area contributed by atoms with Gasteiger partial charge in [0, 0.05) is 12.1 Å². The van der Waals surface area contributed by atoms with Crippen molar-refractivity contribution < 1.29 is 9.32 Å². The van der Waals surface area contributed by atoms with Gasteiger partial charge in [-0.15, -0.1) is 0 Å². The lowest BCUT2D eigenvalue weighted by molar-refractivity contribution is 0.0661. The van der Waals surface area contributed by atoms with Crippen molar-refractivity contribution in [2.75, 3.05) is 6.54 Å². The fourth-order valence-electron chi connectivity index (χ4n) is 4.65. The van der Waals surface area contributed by atoms with E-state index in [-0.39, 0.29) is 42.1 Å². The Morgan fingerprint density at radius 3 is 2.42 bits per heavy atom. The summed E-state index contributed by atoms with van der Waals surface area (Å²) in [4.78, 5) is 34.0. The van der Waals surface area contributed by atoms with Crippen LogP contribution in [0.25, 0.3) is 11.1 Å². The van der Waals surface area contributed by atoms with E-state index < -0.39 is 6.04 Å². The van der Waals surface area contributed by atoms with E-state index >= 15 is 0 Å². The molecule has 2 aromatic carbocycles. The van der Waals surface area contributed by atoms with Crippen molar-refractivity contribution in [1.82, 2.24) is 19.6 Å². The topological polar surface area (TPSA) is 105 Å². The first kappa shape index (κ1) is 26.8. The molecule has 38 heavy (non-hydrogen) atoms. The predicted molar refractivity (Wildman–Crippen MR) is 146 cm³/mol. The number of carbonyl (C=O) groups excluding carboxylic acids is 1. The largest absolute Gasteiger partial charge is 0.335 e. The van der Waals surface area contributed by atoms with E-state index in [4.69, 9.17) is 9.51 Å². The Hall–Kier alpha value is -4.25. The second-order valence-electron chi connectivity index (χ2n) is 10.5. The van der Waals surface area contributed by atoms with Gasteiger partial charge < -0.3 is 9.42 Å². The summed E-state index contributed by atoms with van der Waals surface area (Å²) in [6.45, 7) is 10.5. The monoisotopic (exact) mass is 511 g/mol. The Morgan fingerprint density at radius 1 is 1.13 bits per heavy atom. The SMILES string of the molecule is CCC(c1nc2onc(C)c2c(=O)n1Cc1ccccc1)N(CCC#N)C(=O)c1ccc(C(C)(C)C)cc1. The van der Waals surface area contributed by atoms with Crippen molar-refractivity contribution in [2.45, 2.75) is 65.5 Å². The van der Waals surface area contributed by atoms with Gasteiger partial charge in [-0.25, -0.2) is 0 Å². The zero-order valence-electron chi connectivity index (χ0n) is 22.6. The van der Waals surface area contributed by atoms with Crippen molar-refractivity contribution in [3.8, 4) is 6.07 Å². The number of hydrogen-bond acceptors (Lipinski definition) is 6. The maximum absolute atomic E-state index is 13.9. The summed E-state index contributed by atoms with van der Waals surface area (Å²) in [5.41, 5.74) is 2.86. The molecule has 0 saturated carbocycles. The minimum Gasteiger partial charge on any atom is -0.335 e. The van der Waals surface area contributed by atoms with Gasteiger partial charge in [0.1, 0.15) is 11.2 Å². The van der Waals surface area contributed by atoms with Gasteiger partial charge in [-0.2, -0.15) is 10.2 Å². The fourth-order valence-corrected chi connectivity index (χ4v) is 4.65. The smallest absolute Gasteiger partial charge is 0.267 e. The molecule has 0 bridgehead atoms. The van der Waals surface area contributed by atoms with Crippen molar-refractivity contribution in [3.63, 3.8) is 0 Å². The molecule has 0 saturated heterocycles. The standard InChI is InChI=1S/C30H33N5O3/c1-6-24(34(18-10-17-31)28(36)22-13-15-23(16-14-22)30(3,4)5)26-32-27-25(20(2)33-38-27)29(37)35(26)19-21-11-8-7-9-12-21/h7-9,11-16,24H,6,10,18-19H2,1-5H3. The number of benzene rings is 2. The summed E-state index contributed by atoms with van der Waals surface area (Å²) in [5, 5.41) is 13.7. The number of nitrogens with zero attached hydrogens (tertiary/aromatic N) is 5. The second-order valence-corrected chi connectivity index (χ2v) is 10.5. The molecule has 0 aliphatic heterocycles. The van der Waals surface area contributed by atoms with Crippen molar-refractivity contribution >= 4 is 17.0 Å². The number of carbonyl (C=O) groups is 1. The van der Waals surface area contributed by atoms with Crippen LogP contribution in [0.3, 0.4) is 0 Å². The highest BCUT2D eigenvalue weighted by atomic mass is 16.5. The molecular formula is C30H33N5O3. The van der Waals surface area contributed by atoms with E-state index in [2.05, 4.69) is 32.0 Å². The quantitative estimate of drug-likeness (QED) is 0.307. The molecule has 2 aromatic heterocycles. The third-order valence-corrected chi connectivity index (χ3v) is 6.76. The van der Waals surface area contributed by atoms with Crippen LogP contribution < -0.4 is 5.56 Å². The number of fused-ring (bicyclic) bond motifs is 1. The minimum atomic E-state index is -0.565. The summed E-state index contributed by atoms with van der Waals surface area (Å²) >= 11 is 0. The van der Waals surface area contributed by atoms with Gasteiger partial charge in [0.15, 0.2) is 0 Å². The summed E-state index contributed by atoms with van der Waals surface area (Å²) in [6.07, 6.45) is 0.631. The van der Waals surface area contributed by atoms with Crippen molar-refractivity contribution in [2.24, 2.45) is 0 Å². The van der Waals surface area contributed by atoms with E-state index in [0.717, 1.165) is 11.1 Å². The molecule has 0 aliphatic carbocycles. The van der Waals surface area contributed by atoms with Crippen LogP contribution in [0.1, 0.15) is 79.6 Å². The highest BCUT2D eigenvalue weighted by Crippen LogP contribution is 2.28. The zero-order valence-corrected chi connectivity index (χ0v) is 22.6. The van der Waals surface area contributed by atoms with Gasteiger partial charge in [-0.1, -0.05) is 75.3 Å². The second kappa shape index (κ2) is 11.0. The zero-order chi connectivity index (χ0) is 27.4. The van der Waals surface area contributed by atoms with Crippen LogP contribution in [0.4, 0.5) is 0 Å². The molecule has 1 amide bonds. The van der Waals surface area contributed by atoms with Crippen LogP contribution in [0, 0.1) is 18.3 Å². The van der Waals surface area contributed by atoms with Gasteiger partial charge in [-0.05, 0) is 42.0 Å². The van der Waals surface area contributed by atoms with Crippen LogP contribution in [-0.4, -0.2) is 32.1 Å². The summed E-state index contributed by atoms with van der Waals surface area (Å²) in [5.74, 6) is 0.185. The first-order valence-corrected chi connectivity index (χ1v) is 12.8. The maximum atomic E-state index is 13.9. The highest BCUT2D eigenvalue weighted by molar-refractivity contribution is 5.94. The average Bonchev–Trinajstić information content (AvgIpc) is 3.28. The average molecular weight is 512 g/mol. The number of amides is 1. The highest BCUT2D eigenvalue weighted by Gasteiger charge is 2.30. The summed E-state index contributed by atoms with van der Waals surface area (Å²) in [6, 6.07) is 18.8. The fraction of sp³-hybridized carbons (Fsp3) is 0.367. The van der Waals surface area contributed by atoms with Gasteiger partial charge in [0.2, 0.25) is 0 Å². The molecule has 0 N–H and O–H groups in total. The molecule has 0 aliphatic rings. The van der Waals surface area contributed by atoms with Crippen LogP contribution in [0.2, 0.25) is 0 Å². The molecule has 1 atom stereocenters. The van der Waals surface area contributed by atoms with E-state index in [1.807, 2.05) is 61.5 Å². The summed E-state index contributed by atoms with van der Waals surface area (Å²) < 4.78 is 6.99. The molecule has 0 radical (unpaired) electrons. The van der Waals surface area contributed by atoms with Crippen molar-refractivity contribution in [1.29, 1.82) is 5.26 Å². The van der Waals surface area contributed by atoms with Gasteiger partial charge in [0.05, 0.1) is 30.8 Å². The van der Waals surface area contributed by atoms with Crippen LogP contribution in [-0.2, 0) is 12.0 Å². The van der Waals surface area contributed by atoms with Gasteiger partial charge >= 0.3 is 0 Å². The first-order chi connectivity index (χ1) is 18.2. The van der Waals surface area contributed by atoms with E-state index in [9.17, 15) is 14.9 Å². The van der Waals surface area contributed by atoms with Gasteiger partial charge in [-0.3, -0.25) is 14.2 Å². The molecule has 2 heterocycles. The van der Waals surface area contributed by atoms with E-state index in [1.165, 1.54) is 0 Å². The Kier molecular flexibility index (Phi) is 7.77. The molecule has 8 heteroatoms. The van der Waals surface area contributed by atoms with E-state index in [1.54, 1.807) is 16.4 Å². The molecule has 1 unspecified atom stereocenters. The molecular weight excluding hydrogens is 478 g/mol. The molecule has 8 nitrogen and oxygen atoms in total. The molecule has 196 valence electrons. The Balaban J connectivity index is 1.84. The predicted octanol–water partition coefficient (Wildman–Crippen LogP) is 5.55. The maximum Gasteiger partial charge on any atom is 0.267 e. The van der Waals surface area contributed by atoms with Crippen LogP contribution in [0.15, 0.2) is 63.9 Å². The number of aromatic nitrogens is 3. The lowest BCUT2D eigenvalue weighted by Gasteiger charge is -2.32. The number of rotatable bonds is 8. The van der Waals surface area contributed by atoms with E-state index in [0.29, 0.717) is 28.9 Å². The number of hydrogen-bond donors (Lipinski definition) is 0. The van der Waals surface area contributed by atoms with Crippen LogP contribution in [0.5, 0.6) is 0 Å².